The van der Waals surface area contributed by atoms with E-state index < -0.39 is 6.04 Å². The Balaban J connectivity index is 0.00000288. The standard InChI is InChI=1S/C17H25N3O2S.ClH/c1-23-10-8-15(17(22)20-9-7-14(18)12-20)19-16(21)11-13-5-3-2-4-6-13;/h2-6,14-15H,7-12,18H2,1H3,(H,19,21);1H/t14-,15?;/m1./s1. The molecule has 0 aromatic heterocycles. The second-order valence-electron chi connectivity index (χ2n) is 5.90. The fraction of sp³-hybridized carbons (Fsp3) is 0.529. The normalized spacial score (nSPS) is 17.9. The summed E-state index contributed by atoms with van der Waals surface area (Å²) in [4.78, 5) is 26.7. The number of nitrogens with one attached hydrogen (secondary N) is 1. The Morgan fingerprint density at radius 1 is 1.38 bits per heavy atom. The van der Waals surface area contributed by atoms with Gasteiger partial charge in [-0.15, -0.1) is 12.4 Å². The van der Waals surface area contributed by atoms with Crippen molar-refractivity contribution in [2.75, 3.05) is 25.1 Å². The zero-order valence-electron chi connectivity index (χ0n) is 13.9. The summed E-state index contributed by atoms with van der Waals surface area (Å²) in [5, 5.41) is 2.91. The summed E-state index contributed by atoms with van der Waals surface area (Å²) < 4.78 is 0. The van der Waals surface area contributed by atoms with E-state index in [-0.39, 0.29) is 30.3 Å². The lowest BCUT2D eigenvalue weighted by atomic mass is 10.1. The zero-order valence-corrected chi connectivity index (χ0v) is 15.6. The monoisotopic (exact) mass is 371 g/mol. The van der Waals surface area contributed by atoms with Gasteiger partial charge in [0.05, 0.1) is 6.42 Å². The van der Waals surface area contributed by atoms with E-state index in [1.54, 1.807) is 16.7 Å². The number of hydrogen-bond acceptors (Lipinski definition) is 4. The number of benzene rings is 1. The van der Waals surface area contributed by atoms with E-state index in [1.165, 1.54) is 0 Å². The molecule has 1 saturated heterocycles. The van der Waals surface area contributed by atoms with Gasteiger partial charge in [0.2, 0.25) is 11.8 Å². The van der Waals surface area contributed by atoms with Crippen molar-refractivity contribution in [2.45, 2.75) is 31.3 Å². The third-order valence-corrected chi connectivity index (χ3v) is 4.63. The summed E-state index contributed by atoms with van der Waals surface area (Å²) in [6.07, 6.45) is 3.77. The molecular weight excluding hydrogens is 346 g/mol. The molecule has 7 heteroatoms. The van der Waals surface area contributed by atoms with Crippen molar-refractivity contribution in [3.63, 3.8) is 0 Å². The Labute approximate surface area is 154 Å². The van der Waals surface area contributed by atoms with E-state index in [9.17, 15) is 9.59 Å². The number of nitrogens with zero attached hydrogens (tertiary/aromatic N) is 1. The number of thioether (sulfide) groups is 1. The topological polar surface area (TPSA) is 75.4 Å². The van der Waals surface area contributed by atoms with Gasteiger partial charge >= 0.3 is 0 Å². The molecule has 1 heterocycles. The minimum atomic E-state index is -0.455. The summed E-state index contributed by atoms with van der Waals surface area (Å²) in [6, 6.07) is 9.16. The van der Waals surface area contributed by atoms with Crippen LogP contribution in [0.2, 0.25) is 0 Å². The summed E-state index contributed by atoms with van der Waals surface area (Å²) >= 11 is 1.67. The lowest BCUT2D eigenvalue weighted by molar-refractivity contribution is -0.135. The van der Waals surface area contributed by atoms with Gasteiger partial charge in [-0.25, -0.2) is 0 Å². The third-order valence-electron chi connectivity index (χ3n) is 3.99. The number of carbonyl (C=O) groups is 2. The minimum Gasteiger partial charge on any atom is -0.344 e. The van der Waals surface area contributed by atoms with E-state index in [0.29, 0.717) is 25.9 Å². The second kappa shape index (κ2) is 10.6. The predicted molar refractivity (Wildman–Crippen MR) is 101 cm³/mol. The molecule has 134 valence electrons. The van der Waals surface area contributed by atoms with Crippen LogP contribution in [0.25, 0.3) is 0 Å². The fourth-order valence-corrected chi connectivity index (χ4v) is 3.20. The number of likely N-dealkylation sites (tertiary alicyclic amines) is 1. The molecule has 0 spiro atoms. The number of halogens is 1. The molecule has 1 unspecified atom stereocenters. The highest BCUT2D eigenvalue weighted by Crippen LogP contribution is 2.12. The van der Waals surface area contributed by atoms with Crippen molar-refractivity contribution in [3.8, 4) is 0 Å². The lowest BCUT2D eigenvalue weighted by Gasteiger charge is -2.24. The maximum atomic E-state index is 12.6. The van der Waals surface area contributed by atoms with Crippen molar-refractivity contribution in [1.82, 2.24) is 10.2 Å². The van der Waals surface area contributed by atoms with Crippen LogP contribution >= 0.6 is 24.2 Å². The number of carbonyl (C=O) groups excluding carboxylic acids is 2. The first-order chi connectivity index (χ1) is 11.1. The highest BCUT2D eigenvalue weighted by atomic mass is 35.5. The maximum Gasteiger partial charge on any atom is 0.245 e. The SMILES string of the molecule is CSCCC(NC(=O)Cc1ccccc1)C(=O)N1CC[C@@H](N)C1.Cl. The molecule has 1 aliphatic heterocycles. The van der Waals surface area contributed by atoms with Crippen LogP contribution in [-0.2, 0) is 16.0 Å². The Kier molecular flexibility index (Phi) is 9.18. The molecule has 0 saturated carbocycles. The van der Waals surface area contributed by atoms with Crippen LogP contribution in [0.4, 0.5) is 0 Å². The third kappa shape index (κ3) is 6.34. The van der Waals surface area contributed by atoms with Crippen molar-refractivity contribution in [2.24, 2.45) is 5.73 Å². The molecule has 1 aromatic rings. The molecule has 1 fully saturated rings. The summed E-state index contributed by atoms with van der Waals surface area (Å²) in [5.74, 6) is 0.717. The average Bonchev–Trinajstić information content (AvgIpc) is 2.98. The first-order valence-electron chi connectivity index (χ1n) is 7.96. The highest BCUT2D eigenvalue weighted by Gasteiger charge is 2.30. The first kappa shape index (κ1) is 20.8. The van der Waals surface area contributed by atoms with E-state index in [1.807, 2.05) is 36.6 Å². The molecular formula is C17H26ClN3O2S. The van der Waals surface area contributed by atoms with Gasteiger partial charge in [0.1, 0.15) is 6.04 Å². The van der Waals surface area contributed by atoms with E-state index in [4.69, 9.17) is 5.73 Å². The molecule has 0 bridgehead atoms. The van der Waals surface area contributed by atoms with Crippen LogP contribution in [0.5, 0.6) is 0 Å². The maximum absolute atomic E-state index is 12.6. The van der Waals surface area contributed by atoms with Crippen LogP contribution in [0.15, 0.2) is 30.3 Å². The van der Waals surface area contributed by atoms with Crippen molar-refractivity contribution >= 4 is 36.0 Å². The fourth-order valence-electron chi connectivity index (χ4n) is 2.73. The van der Waals surface area contributed by atoms with Gasteiger partial charge in [0, 0.05) is 19.1 Å². The molecule has 1 aromatic carbocycles. The zero-order chi connectivity index (χ0) is 16.7. The van der Waals surface area contributed by atoms with E-state index >= 15 is 0 Å². The molecule has 3 N–H and O–H groups in total. The summed E-state index contributed by atoms with van der Waals surface area (Å²) in [5.41, 5.74) is 6.83. The number of hydrogen-bond donors (Lipinski definition) is 2. The molecule has 0 aliphatic carbocycles. The quantitative estimate of drug-likeness (QED) is 0.760. The van der Waals surface area contributed by atoms with Crippen molar-refractivity contribution in [3.05, 3.63) is 35.9 Å². The van der Waals surface area contributed by atoms with Gasteiger partial charge in [-0.3, -0.25) is 9.59 Å². The van der Waals surface area contributed by atoms with Crippen molar-refractivity contribution in [1.29, 1.82) is 0 Å². The molecule has 1 aliphatic rings. The van der Waals surface area contributed by atoms with Crippen LogP contribution in [0, 0.1) is 0 Å². The minimum absolute atomic E-state index is 0. The lowest BCUT2D eigenvalue weighted by Crippen LogP contribution is -2.49. The Morgan fingerprint density at radius 2 is 2.08 bits per heavy atom. The Morgan fingerprint density at radius 3 is 2.67 bits per heavy atom. The molecule has 24 heavy (non-hydrogen) atoms. The summed E-state index contributed by atoms with van der Waals surface area (Å²) in [6.45, 7) is 1.27. The molecule has 2 atom stereocenters. The van der Waals surface area contributed by atoms with Crippen LogP contribution in [-0.4, -0.2) is 53.9 Å². The van der Waals surface area contributed by atoms with Gasteiger partial charge < -0.3 is 16.0 Å². The van der Waals surface area contributed by atoms with Gasteiger partial charge in [-0.2, -0.15) is 11.8 Å². The molecule has 5 nitrogen and oxygen atoms in total. The van der Waals surface area contributed by atoms with Gasteiger partial charge in [0.25, 0.3) is 0 Å². The number of rotatable bonds is 7. The van der Waals surface area contributed by atoms with Gasteiger partial charge in [-0.05, 0) is 30.4 Å². The van der Waals surface area contributed by atoms with Crippen LogP contribution < -0.4 is 11.1 Å². The number of nitrogens with two attached hydrogens (primary N) is 1. The largest absolute Gasteiger partial charge is 0.344 e. The van der Waals surface area contributed by atoms with Crippen LogP contribution in [0.1, 0.15) is 18.4 Å². The number of amides is 2. The van der Waals surface area contributed by atoms with Gasteiger partial charge in [-0.1, -0.05) is 30.3 Å². The second-order valence-corrected chi connectivity index (χ2v) is 6.88. The predicted octanol–water partition coefficient (Wildman–Crippen LogP) is 1.45. The van der Waals surface area contributed by atoms with Crippen LogP contribution in [0.3, 0.4) is 0 Å². The first-order valence-corrected chi connectivity index (χ1v) is 9.36. The molecule has 2 amide bonds. The van der Waals surface area contributed by atoms with E-state index in [0.717, 1.165) is 17.7 Å². The smallest absolute Gasteiger partial charge is 0.245 e. The Bertz CT molecular complexity index is 530. The van der Waals surface area contributed by atoms with E-state index in [2.05, 4.69) is 5.32 Å². The molecule has 2 rings (SSSR count). The molecule has 0 radical (unpaired) electrons. The van der Waals surface area contributed by atoms with Gasteiger partial charge in [0.15, 0.2) is 0 Å². The van der Waals surface area contributed by atoms with Crippen molar-refractivity contribution < 1.29 is 9.59 Å². The Hall–Kier alpha value is -1.24. The average molecular weight is 372 g/mol. The summed E-state index contributed by atoms with van der Waals surface area (Å²) in [7, 11) is 0. The highest BCUT2D eigenvalue weighted by molar-refractivity contribution is 7.98.